The van der Waals surface area contributed by atoms with E-state index in [1.165, 1.54) is 0 Å². The highest BCUT2D eigenvalue weighted by molar-refractivity contribution is 7.13. The summed E-state index contributed by atoms with van der Waals surface area (Å²) >= 11 is 3.20. The van der Waals surface area contributed by atoms with E-state index in [4.69, 9.17) is 0 Å². The van der Waals surface area contributed by atoms with E-state index in [0.29, 0.717) is 18.9 Å². The first-order valence-electron chi connectivity index (χ1n) is 9.30. The maximum atomic E-state index is 13.1. The number of anilines is 1. The summed E-state index contributed by atoms with van der Waals surface area (Å²) in [4.78, 5) is 27.1. The molecule has 29 heavy (non-hydrogen) atoms. The Morgan fingerprint density at radius 1 is 0.931 bits per heavy atom. The van der Waals surface area contributed by atoms with Crippen LogP contribution in [0.25, 0.3) is 16.4 Å². The van der Waals surface area contributed by atoms with Crippen LogP contribution in [-0.4, -0.2) is 56.7 Å². The first-order chi connectivity index (χ1) is 14.3. The second-order valence-electron chi connectivity index (χ2n) is 6.58. The molecule has 0 unspecified atom stereocenters. The van der Waals surface area contributed by atoms with Gasteiger partial charge in [-0.1, -0.05) is 24.3 Å². The summed E-state index contributed by atoms with van der Waals surface area (Å²) in [6.07, 6.45) is 1.81. The van der Waals surface area contributed by atoms with Gasteiger partial charge in [0, 0.05) is 37.8 Å². The number of amides is 1. The van der Waals surface area contributed by atoms with Gasteiger partial charge in [-0.05, 0) is 23.6 Å². The number of benzene rings is 1. The number of carbonyl (C=O) groups excluding carboxylic acids is 1. The van der Waals surface area contributed by atoms with E-state index in [1.807, 2.05) is 64.3 Å². The first kappa shape index (κ1) is 18.0. The van der Waals surface area contributed by atoms with E-state index in [-0.39, 0.29) is 11.7 Å². The number of thiazole rings is 1. The summed E-state index contributed by atoms with van der Waals surface area (Å²) in [5, 5.41) is 9.55. The van der Waals surface area contributed by atoms with Crippen LogP contribution in [0.15, 0.2) is 59.4 Å². The number of rotatable bonds is 4. The Hall–Kier alpha value is -3.04. The zero-order chi connectivity index (χ0) is 19.6. The van der Waals surface area contributed by atoms with Crippen molar-refractivity contribution in [2.75, 3.05) is 31.1 Å². The second kappa shape index (κ2) is 7.76. The number of thiophene rings is 1. The molecule has 1 saturated heterocycles. The molecule has 4 aromatic rings. The molecule has 0 spiro atoms. The molecule has 0 aliphatic carbocycles. The topological polar surface area (TPSA) is 67.2 Å². The Labute approximate surface area is 175 Å². The third-order valence-electron chi connectivity index (χ3n) is 4.80. The largest absolute Gasteiger partial charge is 0.345 e. The van der Waals surface area contributed by atoms with Crippen LogP contribution in [0, 0.1) is 0 Å². The van der Waals surface area contributed by atoms with E-state index >= 15 is 0 Å². The first-order valence-corrected chi connectivity index (χ1v) is 11.1. The summed E-state index contributed by atoms with van der Waals surface area (Å²) in [7, 11) is 0. The van der Waals surface area contributed by atoms with Gasteiger partial charge in [0.15, 0.2) is 11.0 Å². The van der Waals surface area contributed by atoms with Crippen molar-refractivity contribution in [3.63, 3.8) is 0 Å². The molecular formula is C20H18N6OS2. The fourth-order valence-electron chi connectivity index (χ4n) is 3.33. The van der Waals surface area contributed by atoms with E-state index < -0.39 is 0 Å². The molecule has 1 aliphatic heterocycles. The lowest BCUT2D eigenvalue weighted by atomic mass is 10.3. The van der Waals surface area contributed by atoms with E-state index in [2.05, 4.69) is 20.0 Å². The molecule has 0 atom stereocenters. The molecule has 5 rings (SSSR count). The molecule has 0 radical (unpaired) electrons. The van der Waals surface area contributed by atoms with Gasteiger partial charge in [-0.25, -0.2) is 14.6 Å². The summed E-state index contributed by atoms with van der Waals surface area (Å²) in [5.41, 5.74) is 0.885. The van der Waals surface area contributed by atoms with Crippen molar-refractivity contribution in [1.82, 2.24) is 24.6 Å². The van der Waals surface area contributed by atoms with Gasteiger partial charge in [0.2, 0.25) is 5.82 Å². The van der Waals surface area contributed by atoms with Gasteiger partial charge in [-0.2, -0.15) is 0 Å². The van der Waals surface area contributed by atoms with Gasteiger partial charge in [0.1, 0.15) is 0 Å². The fraction of sp³-hybridized carbons (Fsp3) is 0.200. The van der Waals surface area contributed by atoms with Crippen LogP contribution in [0.1, 0.15) is 10.6 Å². The van der Waals surface area contributed by atoms with Crippen LogP contribution in [0.2, 0.25) is 0 Å². The lowest BCUT2D eigenvalue weighted by Gasteiger charge is -2.33. The molecule has 1 aliphatic rings. The van der Waals surface area contributed by atoms with Crippen LogP contribution in [0.4, 0.5) is 5.13 Å². The zero-order valence-corrected chi connectivity index (χ0v) is 17.1. The fourth-order valence-corrected chi connectivity index (χ4v) is 4.73. The minimum Gasteiger partial charge on any atom is -0.345 e. The average Bonchev–Trinajstić information content (AvgIpc) is 3.55. The molecule has 3 aromatic heterocycles. The normalized spacial score (nSPS) is 14.3. The van der Waals surface area contributed by atoms with Gasteiger partial charge in [0.05, 0.1) is 10.6 Å². The molecule has 0 bridgehead atoms. The second-order valence-corrected chi connectivity index (χ2v) is 8.40. The lowest BCUT2D eigenvalue weighted by molar-refractivity contribution is 0.0734. The third kappa shape index (κ3) is 3.54. The zero-order valence-electron chi connectivity index (χ0n) is 15.5. The van der Waals surface area contributed by atoms with Gasteiger partial charge < -0.3 is 9.80 Å². The van der Waals surface area contributed by atoms with Crippen LogP contribution in [-0.2, 0) is 0 Å². The minimum absolute atomic E-state index is 0.128. The molecule has 0 saturated carbocycles. The average molecular weight is 423 g/mol. The molecule has 7 nitrogen and oxygen atoms in total. The molecule has 1 amide bonds. The Morgan fingerprint density at radius 3 is 2.45 bits per heavy atom. The van der Waals surface area contributed by atoms with E-state index in [9.17, 15) is 4.79 Å². The molecule has 9 heteroatoms. The number of aromatic nitrogens is 4. The number of carbonyl (C=O) groups is 1. The van der Waals surface area contributed by atoms with Crippen molar-refractivity contribution < 1.29 is 4.79 Å². The van der Waals surface area contributed by atoms with Gasteiger partial charge in [0.25, 0.3) is 5.91 Å². The summed E-state index contributed by atoms with van der Waals surface area (Å²) < 4.78 is 1.75. The highest BCUT2D eigenvalue weighted by Gasteiger charge is 2.27. The van der Waals surface area contributed by atoms with Crippen molar-refractivity contribution in [2.24, 2.45) is 0 Å². The minimum atomic E-state index is -0.128. The number of hydrogen-bond acceptors (Lipinski definition) is 7. The molecular weight excluding hydrogens is 404 g/mol. The standard InChI is InChI=1S/C20H18N6OS2/c27-19(24-9-11-25(12-10-24)20-21-8-14-29-20)17-22-18(16-7-4-13-28-16)26(23-17)15-5-2-1-3-6-15/h1-8,13-14H,9-12H2. The Kier molecular flexibility index (Phi) is 4.82. The quantitative estimate of drug-likeness (QED) is 0.504. The van der Waals surface area contributed by atoms with Crippen molar-refractivity contribution in [2.45, 2.75) is 0 Å². The lowest BCUT2D eigenvalue weighted by Crippen LogP contribution is -2.49. The maximum absolute atomic E-state index is 13.1. The van der Waals surface area contributed by atoms with Crippen LogP contribution >= 0.6 is 22.7 Å². The smallest absolute Gasteiger partial charge is 0.293 e. The Balaban J connectivity index is 1.40. The summed E-state index contributed by atoms with van der Waals surface area (Å²) in [6.45, 7) is 2.78. The van der Waals surface area contributed by atoms with E-state index in [0.717, 1.165) is 28.8 Å². The molecule has 1 aromatic carbocycles. The molecule has 146 valence electrons. The highest BCUT2D eigenvalue weighted by atomic mass is 32.1. The Bertz CT molecular complexity index is 1080. The predicted octanol–water partition coefficient (Wildman–Crippen LogP) is 3.41. The highest BCUT2D eigenvalue weighted by Crippen LogP contribution is 2.26. The third-order valence-corrected chi connectivity index (χ3v) is 6.50. The summed E-state index contributed by atoms with van der Waals surface area (Å²) in [5.74, 6) is 0.798. The molecule has 1 fully saturated rings. The van der Waals surface area contributed by atoms with Crippen LogP contribution in [0.5, 0.6) is 0 Å². The predicted molar refractivity (Wildman–Crippen MR) is 115 cm³/mol. The number of nitrogens with zero attached hydrogens (tertiary/aromatic N) is 6. The Morgan fingerprint density at radius 2 is 1.76 bits per heavy atom. The van der Waals surface area contributed by atoms with Crippen molar-refractivity contribution >= 4 is 33.7 Å². The number of hydrogen-bond donors (Lipinski definition) is 0. The number of para-hydroxylation sites is 1. The molecule has 4 heterocycles. The van der Waals surface area contributed by atoms with Gasteiger partial charge in [-0.15, -0.1) is 27.8 Å². The number of piperazine rings is 1. The SMILES string of the molecule is O=C(c1nc(-c2cccs2)n(-c2ccccc2)n1)N1CCN(c2nccs2)CC1. The van der Waals surface area contributed by atoms with Crippen molar-refractivity contribution in [3.8, 4) is 16.4 Å². The maximum Gasteiger partial charge on any atom is 0.293 e. The van der Waals surface area contributed by atoms with Gasteiger partial charge in [-0.3, -0.25) is 4.79 Å². The van der Waals surface area contributed by atoms with Crippen LogP contribution in [0.3, 0.4) is 0 Å². The van der Waals surface area contributed by atoms with Gasteiger partial charge >= 0.3 is 0 Å². The van der Waals surface area contributed by atoms with Crippen molar-refractivity contribution in [1.29, 1.82) is 0 Å². The van der Waals surface area contributed by atoms with Crippen molar-refractivity contribution in [3.05, 3.63) is 65.2 Å². The molecule has 0 N–H and O–H groups in total. The monoisotopic (exact) mass is 422 g/mol. The van der Waals surface area contributed by atoms with E-state index in [1.54, 1.807) is 27.4 Å². The summed E-state index contributed by atoms with van der Waals surface area (Å²) in [6, 6.07) is 13.8. The van der Waals surface area contributed by atoms with Crippen LogP contribution < -0.4 is 4.90 Å².